The zero-order valence-corrected chi connectivity index (χ0v) is 10.4. The second-order valence-corrected chi connectivity index (χ2v) is 4.20. The van der Waals surface area contributed by atoms with Gasteiger partial charge in [0, 0.05) is 17.3 Å². The van der Waals surface area contributed by atoms with Crippen LogP contribution in [0.25, 0.3) is 4.85 Å². The van der Waals surface area contributed by atoms with Gasteiger partial charge in [-0.05, 0) is 13.0 Å². The van der Waals surface area contributed by atoms with Gasteiger partial charge in [0.05, 0.1) is 0 Å². The maximum atomic E-state index is 11.7. The van der Waals surface area contributed by atoms with Crippen molar-refractivity contribution in [2.45, 2.75) is 18.9 Å². The first kappa shape index (κ1) is 12.8. The number of carbonyl (C=O) groups excluding carboxylic acids is 1. The molecule has 0 aliphatic rings. The predicted molar refractivity (Wildman–Crippen MR) is 63.6 cm³/mol. The summed E-state index contributed by atoms with van der Waals surface area (Å²) in [7, 11) is 0. The average Bonchev–Trinajstić information content (AvgIpc) is 2.30. The maximum Gasteiger partial charge on any atom is 0.269 e. The van der Waals surface area contributed by atoms with E-state index in [-0.39, 0.29) is 17.5 Å². The molecular weight excluding hydrogens is 272 g/mol. The van der Waals surface area contributed by atoms with Gasteiger partial charge in [0.2, 0.25) is 0 Å². The summed E-state index contributed by atoms with van der Waals surface area (Å²) in [6, 6.07) is 3.22. The summed E-state index contributed by atoms with van der Waals surface area (Å²) >= 11 is 3.08. The number of aliphatic hydroxyl groups is 1. The number of carbonyl (C=O) groups is 1. The predicted octanol–water partition coefficient (Wildman–Crippen LogP) is 1.89. The number of rotatable bonds is 4. The van der Waals surface area contributed by atoms with Gasteiger partial charge in [-0.2, -0.15) is 0 Å². The molecule has 0 amide bonds. The van der Waals surface area contributed by atoms with Crippen molar-refractivity contribution in [1.82, 2.24) is 4.98 Å². The highest BCUT2D eigenvalue weighted by Crippen LogP contribution is 2.14. The maximum absolute atomic E-state index is 11.7. The van der Waals surface area contributed by atoms with Gasteiger partial charge in [0.25, 0.3) is 5.82 Å². The van der Waals surface area contributed by atoms with Gasteiger partial charge in [-0.25, -0.2) is 0 Å². The molecule has 0 spiro atoms. The van der Waals surface area contributed by atoms with Crippen LogP contribution in [0.3, 0.4) is 0 Å². The van der Waals surface area contributed by atoms with Gasteiger partial charge in [0.1, 0.15) is 11.8 Å². The van der Waals surface area contributed by atoms with E-state index in [4.69, 9.17) is 6.57 Å². The summed E-state index contributed by atoms with van der Waals surface area (Å²) in [6.45, 7) is 8.20. The van der Waals surface area contributed by atoms with Crippen molar-refractivity contribution in [3.8, 4) is 0 Å². The normalized spacial score (nSPS) is 13.9. The van der Waals surface area contributed by atoms with Crippen LogP contribution in [0.4, 0.5) is 5.82 Å². The smallest absolute Gasteiger partial charge is 0.269 e. The molecule has 0 saturated heterocycles. The molecule has 0 unspecified atom stereocenters. The zero-order valence-electron chi connectivity index (χ0n) is 8.77. The molecule has 0 radical (unpaired) electrons. The lowest BCUT2D eigenvalue weighted by atomic mass is 9.98. The number of pyridine rings is 1. The Balaban J connectivity index is 2.75. The number of hydrogen-bond donors (Lipinski definition) is 1. The van der Waals surface area contributed by atoms with Crippen LogP contribution in [-0.2, 0) is 11.2 Å². The summed E-state index contributed by atoms with van der Waals surface area (Å²) in [5, 5.41) is 9.89. The van der Waals surface area contributed by atoms with Crippen LogP contribution in [0.5, 0.6) is 0 Å². The molecule has 1 N–H and O–H groups in total. The highest BCUT2D eigenvalue weighted by atomic mass is 79.9. The summed E-state index contributed by atoms with van der Waals surface area (Å²) < 4.78 is 0. The van der Waals surface area contributed by atoms with Crippen LogP contribution in [0.1, 0.15) is 12.5 Å². The Morgan fingerprint density at radius 2 is 2.38 bits per heavy atom. The van der Waals surface area contributed by atoms with E-state index in [1.807, 2.05) is 0 Å². The van der Waals surface area contributed by atoms with Crippen molar-refractivity contribution in [1.29, 1.82) is 0 Å². The number of aromatic nitrogens is 1. The van der Waals surface area contributed by atoms with Crippen LogP contribution < -0.4 is 0 Å². The molecule has 1 rings (SSSR count). The number of ketones is 1. The second kappa shape index (κ2) is 5.19. The molecule has 0 fully saturated rings. The number of hydrogen-bond acceptors (Lipinski definition) is 3. The Hall–Kier alpha value is -1.25. The Morgan fingerprint density at radius 1 is 1.69 bits per heavy atom. The second-order valence-electron chi connectivity index (χ2n) is 3.64. The molecule has 5 heteroatoms. The Morgan fingerprint density at radius 3 is 2.81 bits per heavy atom. The molecular formula is C11H11BrN2O2. The third kappa shape index (κ3) is 3.12. The van der Waals surface area contributed by atoms with Crippen LogP contribution in [0.2, 0.25) is 0 Å². The number of Topliss-reactive ketones (excluding diaryl/α,β-unsaturated/α-hetero) is 1. The van der Waals surface area contributed by atoms with E-state index in [0.29, 0.717) is 11.4 Å². The van der Waals surface area contributed by atoms with Gasteiger partial charge in [-0.15, -0.1) is 4.98 Å². The number of halogens is 1. The topological polar surface area (TPSA) is 54.5 Å². The SMILES string of the molecule is [C-]#[N+]c1ccc(CC(=O)[C@@](C)(O)CBr)cn1. The van der Waals surface area contributed by atoms with Crippen LogP contribution in [-0.4, -0.2) is 26.8 Å². The van der Waals surface area contributed by atoms with Crippen molar-refractivity contribution >= 4 is 27.5 Å². The first-order chi connectivity index (χ1) is 7.49. The molecule has 0 bridgehead atoms. The minimum atomic E-state index is -1.36. The van der Waals surface area contributed by atoms with Crippen molar-refractivity contribution in [2.24, 2.45) is 0 Å². The van der Waals surface area contributed by atoms with E-state index in [1.54, 1.807) is 12.1 Å². The fraction of sp³-hybridized carbons (Fsp3) is 0.364. The highest BCUT2D eigenvalue weighted by molar-refractivity contribution is 9.09. The Labute approximate surface area is 102 Å². The average molecular weight is 283 g/mol. The standard InChI is InChI=1S/C11H11BrN2O2/c1-11(16,7-12)9(15)5-8-3-4-10(13-2)14-6-8/h3-4,6,16H,5,7H2,1H3/t11-/m0/s1. The fourth-order valence-electron chi connectivity index (χ4n) is 1.04. The first-order valence-corrected chi connectivity index (χ1v) is 5.76. The summed E-state index contributed by atoms with van der Waals surface area (Å²) in [4.78, 5) is 18.7. The van der Waals surface area contributed by atoms with E-state index in [9.17, 15) is 9.90 Å². The molecule has 1 aromatic heterocycles. The van der Waals surface area contributed by atoms with Gasteiger partial charge in [0.15, 0.2) is 5.78 Å². The largest absolute Gasteiger partial charge is 0.381 e. The highest BCUT2D eigenvalue weighted by Gasteiger charge is 2.28. The van der Waals surface area contributed by atoms with Crippen molar-refractivity contribution in [3.63, 3.8) is 0 Å². The van der Waals surface area contributed by atoms with E-state index in [2.05, 4.69) is 25.8 Å². The third-order valence-corrected chi connectivity index (χ3v) is 3.24. The number of nitrogens with zero attached hydrogens (tertiary/aromatic N) is 2. The summed E-state index contributed by atoms with van der Waals surface area (Å²) in [5.74, 6) is 0.0187. The van der Waals surface area contributed by atoms with Crippen LogP contribution in [0, 0.1) is 6.57 Å². The summed E-state index contributed by atoms with van der Waals surface area (Å²) in [5.41, 5.74) is -0.669. The summed E-state index contributed by atoms with van der Waals surface area (Å²) in [6.07, 6.45) is 1.60. The minimum absolute atomic E-state index is 0.115. The van der Waals surface area contributed by atoms with Gasteiger partial charge in [-0.3, -0.25) is 4.79 Å². The quantitative estimate of drug-likeness (QED) is 0.678. The molecule has 16 heavy (non-hydrogen) atoms. The Bertz CT molecular complexity index is 421. The van der Waals surface area contributed by atoms with Crippen molar-refractivity contribution in [2.75, 3.05) is 5.33 Å². The number of alkyl halides is 1. The van der Waals surface area contributed by atoms with Crippen molar-refractivity contribution in [3.05, 3.63) is 35.3 Å². The van der Waals surface area contributed by atoms with E-state index >= 15 is 0 Å². The van der Waals surface area contributed by atoms with Gasteiger partial charge >= 0.3 is 0 Å². The van der Waals surface area contributed by atoms with E-state index in [0.717, 1.165) is 0 Å². The minimum Gasteiger partial charge on any atom is -0.381 e. The van der Waals surface area contributed by atoms with Gasteiger partial charge in [-0.1, -0.05) is 28.6 Å². The van der Waals surface area contributed by atoms with Gasteiger partial charge < -0.3 is 9.95 Å². The lowest BCUT2D eigenvalue weighted by Gasteiger charge is -2.18. The van der Waals surface area contributed by atoms with Crippen molar-refractivity contribution < 1.29 is 9.90 Å². The molecule has 0 saturated carbocycles. The first-order valence-electron chi connectivity index (χ1n) is 4.63. The molecule has 4 nitrogen and oxygen atoms in total. The molecule has 1 atom stereocenters. The monoisotopic (exact) mass is 282 g/mol. The zero-order chi connectivity index (χ0) is 12.2. The molecule has 0 aliphatic carbocycles. The van der Waals surface area contributed by atoms with Crippen LogP contribution in [0.15, 0.2) is 18.3 Å². The third-order valence-electron chi connectivity index (χ3n) is 2.15. The molecule has 0 aliphatic heterocycles. The lowest BCUT2D eigenvalue weighted by molar-refractivity contribution is -0.132. The van der Waals surface area contributed by atoms with E-state index < -0.39 is 5.60 Å². The van der Waals surface area contributed by atoms with Crippen LogP contribution >= 0.6 is 15.9 Å². The lowest BCUT2D eigenvalue weighted by Crippen LogP contribution is -2.38. The molecule has 84 valence electrons. The van der Waals surface area contributed by atoms with E-state index in [1.165, 1.54) is 13.1 Å². The molecule has 1 aromatic rings. The molecule has 1 heterocycles. The Kier molecular flexibility index (Phi) is 4.16. The fourth-order valence-corrected chi connectivity index (χ4v) is 1.35. The molecule has 0 aromatic carbocycles.